The van der Waals surface area contributed by atoms with Crippen LogP contribution < -0.4 is 11.1 Å². The van der Waals surface area contributed by atoms with Gasteiger partial charge in [0.05, 0.1) is 5.69 Å². The second kappa shape index (κ2) is 7.76. The van der Waals surface area contributed by atoms with Gasteiger partial charge < -0.3 is 16.0 Å². The Hall–Kier alpha value is -2.25. The number of nitrogens with two attached hydrogens (primary N) is 1. The number of anilines is 1. The average Bonchev–Trinajstić information content (AvgIpc) is 3.10. The third kappa shape index (κ3) is 4.05. The minimum atomic E-state index is -0.245. The topological polar surface area (TPSA) is 88.3 Å². The molecule has 0 spiro atoms. The van der Waals surface area contributed by atoms with Crippen LogP contribution in [0.15, 0.2) is 36.0 Å². The van der Waals surface area contributed by atoms with Crippen LogP contribution in [0.4, 0.5) is 5.69 Å². The molecule has 1 fully saturated rings. The molecular formula is C18H22N4O2S. The van der Waals surface area contributed by atoms with Crippen molar-refractivity contribution < 1.29 is 9.59 Å². The fourth-order valence-electron chi connectivity index (χ4n) is 3.04. The monoisotopic (exact) mass is 358 g/mol. The lowest BCUT2D eigenvalue weighted by atomic mass is 9.91. The molecule has 0 bridgehead atoms. The van der Waals surface area contributed by atoms with Gasteiger partial charge in [-0.15, -0.1) is 11.3 Å². The maximum atomic E-state index is 12.8. The Bertz CT molecular complexity index is 737. The predicted octanol–water partition coefficient (Wildman–Crippen LogP) is 2.59. The minimum absolute atomic E-state index is 0.0249. The van der Waals surface area contributed by atoms with E-state index in [1.54, 1.807) is 30.6 Å². The van der Waals surface area contributed by atoms with E-state index in [4.69, 9.17) is 5.73 Å². The van der Waals surface area contributed by atoms with E-state index >= 15 is 0 Å². The maximum Gasteiger partial charge on any atom is 0.266 e. The van der Waals surface area contributed by atoms with E-state index in [1.807, 2.05) is 17.2 Å². The number of hydrogen-bond donors (Lipinski definition) is 2. The van der Waals surface area contributed by atoms with Gasteiger partial charge in [0.2, 0.25) is 0 Å². The van der Waals surface area contributed by atoms with Crippen molar-refractivity contribution in [2.75, 3.05) is 18.4 Å². The number of nitrogens with one attached hydrogen (secondary N) is 1. The number of aromatic nitrogens is 1. The van der Waals surface area contributed by atoms with E-state index in [9.17, 15) is 9.59 Å². The maximum absolute atomic E-state index is 12.8. The summed E-state index contributed by atoms with van der Waals surface area (Å²) >= 11 is 1.35. The number of carbonyl (C=O) groups excluding carboxylic acids is 2. The van der Waals surface area contributed by atoms with Crippen molar-refractivity contribution in [3.05, 3.63) is 46.4 Å². The van der Waals surface area contributed by atoms with Crippen LogP contribution in [0, 0.1) is 5.92 Å². The smallest absolute Gasteiger partial charge is 0.266 e. The average molecular weight is 358 g/mol. The summed E-state index contributed by atoms with van der Waals surface area (Å²) in [6.07, 6.45) is 4.98. The van der Waals surface area contributed by atoms with E-state index in [1.165, 1.54) is 11.3 Å². The molecule has 1 aliphatic rings. The van der Waals surface area contributed by atoms with Crippen LogP contribution in [0.1, 0.15) is 39.8 Å². The highest BCUT2D eigenvalue weighted by molar-refractivity contribution is 7.12. The summed E-state index contributed by atoms with van der Waals surface area (Å²) in [5, 5.41) is 4.65. The van der Waals surface area contributed by atoms with Crippen molar-refractivity contribution in [2.45, 2.75) is 25.8 Å². The molecule has 2 aromatic heterocycles. The van der Waals surface area contributed by atoms with Crippen molar-refractivity contribution in [1.82, 2.24) is 9.88 Å². The molecule has 132 valence electrons. The summed E-state index contributed by atoms with van der Waals surface area (Å²) in [4.78, 5) is 31.5. The molecule has 2 aromatic rings. The zero-order valence-corrected chi connectivity index (χ0v) is 15.0. The van der Waals surface area contributed by atoms with Gasteiger partial charge in [0.15, 0.2) is 0 Å². The molecule has 3 rings (SSSR count). The molecule has 3 heterocycles. The molecule has 7 heteroatoms. The molecule has 1 atom stereocenters. The molecule has 1 aliphatic heterocycles. The largest absolute Gasteiger partial charge is 0.338 e. The van der Waals surface area contributed by atoms with Gasteiger partial charge in [-0.05, 0) is 49.3 Å². The first kappa shape index (κ1) is 17.6. The highest BCUT2D eigenvalue weighted by Crippen LogP contribution is 2.27. The normalized spacial score (nSPS) is 16.5. The Morgan fingerprint density at radius 1 is 1.28 bits per heavy atom. The predicted molar refractivity (Wildman–Crippen MR) is 98.8 cm³/mol. The zero-order valence-electron chi connectivity index (χ0n) is 14.1. The lowest BCUT2D eigenvalue weighted by Gasteiger charge is -2.33. The summed E-state index contributed by atoms with van der Waals surface area (Å²) in [6, 6.07) is 5.21. The molecule has 3 N–H and O–H groups in total. The minimum Gasteiger partial charge on any atom is -0.338 e. The lowest BCUT2D eigenvalue weighted by molar-refractivity contribution is 0.0687. The van der Waals surface area contributed by atoms with Crippen LogP contribution in [0.25, 0.3) is 0 Å². The van der Waals surface area contributed by atoms with E-state index in [0.717, 1.165) is 12.8 Å². The number of piperidine rings is 1. The summed E-state index contributed by atoms with van der Waals surface area (Å²) in [6.45, 7) is 3.44. The second-order valence-electron chi connectivity index (χ2n) is 6.34. The summed E-state index contributed by atoms with van der Waals surface area (Å²) in [7, 11) is 0. The van der Waals surface area contributed by atoms with Crippen LogP contribution in [-0.2, 0) is 0 Å². The Balaban J connectivity index is 1.67. The first-order valence-electron chi connectivity index (χ1n) is 8.40. The van der Waals surface area contributed by atoms with E-state index in [0.29, 0.717) is 35.1 Å². The van der Waals surface area contributed by atoms with Crippen LogP contribution >= 0.6 is 11.3 Å². The summed E-state index contributed by atoms with van der Waals surface area (Å²) in [5.41, 5.74) is 7.04. The third-order valence-corrected chi connectivity index (χ3v) is 5.52. The van der Waals surface area contributed by atoms with Crippen LogP contribution in [0.5, 0.6) is 0 Å². The number of nitrogens with zero attached hydrogens (tertiary/aromatic N) is 2. The number of likely N-dealkylation sites (tertiary alicyclic amines) is 1. The second-order valence-corrected chi connectivity index (χ2v) is 7.26. The van der Waals surface area contributed by atoms with Gasteiger partial charge in [-0.1, -0.05) is 0 Å². The number of hydrogen-bond acceptors (Lipinski definition) is 5. The molecule has 0 saturated carbocycles. The molecule has 6 nitrogen and oxygen atoms in total. The molecular weight excluding hydrogens is 336 g/mol. The number of pyridine rings is 1. The quantitative estimate of drug-likeness (QED) is 0.879. The van der Waals surface area contributed by atoms with Crippen molar-refractivity contribution in [1.29, 1.82) is 0 Å². The van der Waals surface area contributed by atoms with Crippen molar-refractivity contribution in [3.8, 4) is 0 Å². The van der Waals surface area contributed by atoms with Crippen molar-refractivity contribution in [3.63, 3.8) is 0 Å². The van der Waals surface area contributed by atoms with E-state index in [-0.39, 0.29) is 17.9 Å². The first-order chi connectivity index (χ1) is 12.1. The van der Waals surface area contributed by atoms with Gasteiger partial charge in [0.1, 0.15) is 4.88 Å². The molecule has 0 aliphatic carbocycles. The van der Waals surface area contributed by atoms with Crippen molar-refractivity contribution in [2.24, 2.45) is 11.7 Å². The molecule has 1 unspecified atom stereocenters. The SMILES string of the molecule is CC(N)C1CCN(C(=O)c2sccc2NC(=O)c2ccncc2)CC1. The highest BCUT2D eigenvalue weighted by atomic mass is 32.1. The van der Waals surface area contributed by atoms with E-state index < -0.39 is 0 Å². The molecule has 1 saturated heterocycles. The molecule has 0 radical (unpaired) electrons. The molecule has 0 aromatic carbocycles. The fraction of sp³-hybridized carbons (Fsp3) is 0.389. The molecule has 2 amide bonds. The van der Waals surface area contributed by atoms with Gasteiger partial charge in [0, 0.05) is 37.1 Å². The zero-order chi connectivity index (χ0) is 17.8. The standard InChI is InChI=1S/C18H22N4O2S/c1-12(19)13-4-9-22(10-5-13)18(24)16-15(6-11-25-16)21-17(23)14-2-7-20-8-3-14/h2-3,6-8,11-13H,4-5,9-10,19H2,1H3,(H,21,23). The summed E-state index contributed by atoms with van der Waals surface area (Å²) < 4.78 is 0. The fourth-order valence-corrected chi connectivity index (χ4v) is 3.86. The van der Waals surface area contributed by atoms with Crippen molar-refractivity contribution >= 4 is 28.8 Å². The summed E-state index contributed by atoms with van der Waals surface area (Å²) in [5.74, 6) is 0.201. The van der Waals surface area contributed by atoms with Crippen LogP contribution in [-0.4, -0.2) is 40.8 Å². The number of carbonyl (C=O) groups is 2. The third-order valence-electron chi connectivity index (χ3n) is 4.62. The van der Waals surface area contributed by atoms with E-state index in [2.05, 4.69) is 10.3 Å². The van der Waals surface area contributed by atoms with Gasteiger partial charge in [-0.25, -0.2) is 0 Å². The first-order valence-corrected chi connectivity index (χ1v) is 9.28. The highest BCUT2D eigenvalue weighted by Gasteiger charge is 2.27. The Labute approximate surface area is 151 Å². The number of rotatable bonds is 4. The Morgan fingerprint density at radius 2 is 1.96 bits per heavy atom. The Kier molecular flexibility index (Phi) is 5.45. The van der Waals surface area contributed by atoms with Crippen LogP contribution in [0.2, 0.25) is 0 Å². The van der Waals surface area contributed by atoms with Gasteiger partial charge in [-0.3, -0.25) is 14.6 Å². The van der Waals surface area contributed by atoms with Crippen LogP contribution in [0.3, 0.4) is 0 Å². The number of thiophene rings is 1. The lowest BCUT2D eigenvalue weighted by Crippen LogP contribution is -2.42. The Morgan fingerprint density at radius 3 is 2.60 bits per heavy atom. The number of amides is 2. The van der Waals surface area contributed by atoms with Gasteiger partial charge >= 0.3 is 0 Å². The molecule has 25 heavy (non-hydrogen) atoms. The van der Waals surface area contributed by atoms with Gasteiger partial charge in [-0.2, -0.15) is 0 Å². The van der Waals surface area contributed by atoms with Gasteiger partial charge in [0.25, 0.3) is 11.8 Å².